The average Bonchev–Trinajstić information content (AvgIpc) is 3.45. The zero-order valence-corrected chi connectivity index (χ0v) is 24.8. The zero-order chi connectivity index (χ0) is 30.3. The lowest BCUT2D eigenvalue weighted by atomic mass is 9.95. The maximum Gasteiger partial charge on any atom is 0.0869 e. The minimum Gasteiger partial charge on any atom is -0.379 e. The monoisotopic (exact) mass is 580 g/mol. The third-order valence-corrected chi connectivity index (χ3v) is 8.87. The number of para-hydroxylation sites is 1. The van der Waals surface area contributed by atoms with Crippen LogP contribution in [0.5, 0.6) is 0 Å². The highest BCUT2D eigenvalue weighted by molar-refractivity contribution is 6.08. The Labute approximate surface area is 262 Å². The SMILES string of the molecule is C=Cc1c(CN)c2ccccc2n1-c1ccc(-c2cc(-c3ccc4c(ccc5ccccc54)c3)cc(C3C=CC=CN3)n2)cc1. The van der Waals surface area contributed by atoms with Crippen LogP contribution in [0.3, 0.4) is 0 Å². The van der Waals surface area contributed by atoms with Gasteiger partial charge in [-0.05, 0) is 93.0 Å². The first-order chi connectivity index (χ1) is 22.2. The van der Waals surface area contributed by atoms with Crippen molar-refractivity contribution in [1.82, 2.24) is 14.9 Å². The minimum atomic E-state index is -0.00607. The average molecular weight is 581 g/mol. The van der Waals surface area contributed by atoms with Gasteiger partial charge in [-0.25, -0.2) is 0 Å². The maximum atomic E-state index is 6.19. The number of nitrogens with two attached hydrogens (primary N) is 1. The molecule has 1 atom stereocenters. The van der Waals surface area contributed by atoms with Crippen molar-refractivity contribution in [3.05, 3.63) is 163 Å². The molecule has 0 spiro atoms. The highest BCUT2D eigenvalue weighted by Crippen LogP contribution is 2.35. The van der Waals surface area contributed by atoms with E-state index in [9.17, 15) is 0 Å². The quantitative estimate of drug-likeness (QED) is 0.193. The molecule has 3 N–H and O–H groups in total. The van der Waals surface area contributed by atoms with Gasteiger partial charge in [0.05, 0.1) is 28.6 Å². The Morgan fingerprint density at radius 2 is 1.49 bits per heavy atom. The van der Waals surface area contributed by atoms with Gasteiger partial charge < -0.3 is 15.6 Å². The van der Waals surface area contributed by atoms with E-state index in [-0.39, 0.29) is 6.04 Å². The Kier molecular flexibility index (Phi) is 6.63. The van der Waals surface area contributed by atoms with Crippen LogP contribution in [0.15, 0.2) is 146 Å². The van der Waals surface area contributed by atoms with E-state index in [0.717, 1.165) is 50.4 Å². The molecule has 5 aromatic carbocycles. The fourth-order valence-corrected chi connectivity index (χ4v) is 6.66. The van der Waals surface area contributed by atoms with E-state index in [2.05, 4.69) is 144 Å². The number of pyridine rings is 1. The Hall–Kier alpha value is -5.71. The van der Waals surface area contributed by atoms with Crippen molar-refractivity contribution >= 4 is 38.5 Å². The Balaban J connectivity index is 1.24. The molecule has 1 aliphatic heterocycles. The molecule has 0 radical (unpaired) electrons. The molecule has 45 heavy (non-hydrogen) atoms. The van der Waals surface area contributed by atoms with Gasteiger partial charge in [0.25, 0.3) is 0 Å². The van der Waals surface area contributed by atoms with Gasteiger partial charge in [-0.15, -0.1) is 0 Å². The molecule has 0 saturated carbocycles. The summed E-state index contributed by atoms with van der Waals surface area (Å²) in [6.07, 6.45) is 10.1. The number of nitrogens with zero attached hydrogens (tertiary/aromatic N) is 2. The first kappa shape index (κ1) is 26.9. The first-order valence-electron chi connectivity index (χ1n) is 15.3. The molecular weight excluding hydrogens is 548 g/mol. The molecule has 1 unspecified atom stereocenters. The molecule has 0 aliphatic carbocycles. The van der Waals surface area contributed by atoms with Gasteiger partial charge in [0.1, 0.15) is 0 Å². The van der Waals surface area contributed by atoms with Gasteiger partial charge in [0.15, 0.2) is 0 Å². The normalized spacial score (nSPS) is 14.3. The summed E-state index contributed by atoms with van der Waals surface area (Å²) in [6.45, 7) is 4.56. The summed E-state index contributed by atoms with van der Waals surface area (Å²) in [7, 11) is 0. The van der Waals surface area contributed by atoms with Gasteiger partial charge >= 0.3 is 0 Å². The highest BCUT2D eigenvalue weighted by Gasteiger charge is 2.17. The molecule has 1 aliphatic rings. The number of fused-ring (bicyclic) bond motifs is 4. The van der Waals surface area contributed by atoms with Crippen molar-refractivity contribution in [2.24, 2.45) is 5.73 Å². The second kappa shape index (κ2) is 11.1. The van der Waals surface area contributed by atoms with Crippen molar-refractivity contribution in [2.75, 3.05) is 0 Å². The lowest BCUT2D eigenvalue weighted by Crippen LogP contribution is -2.16. The minimum absolute atomic E-state index is 0.00607. The fraction of sp³-hybridized carbons (Fsp3) is 0.0488. The number of rotatable bonds is 6. The summed E-state index contributed by atoms with van der Waals surface area (Å²) in [6, 6.07) is 41.2. The Bertz CT molecular complexity index is 2300. The van der Waals surface area contributed by atoms with Crippen LogP contribution < -0.4 is 11.1 Å². The molecule has 0 bridgehead atoms. The lowest BCUT2D eigenvalue weighted by molar-refractivity contribution is 0.722. The van der Waals surface area contributed by atoms with E-state index in [0.29, 0.717) is 6.54 Å². The standard InChI is InChI=1S/C41H32N4/c1-2-40-36(26-42)35-11-5-6-13-41(35)45(40)32-19-16-28(17-20-32)38-24-31(25-39(44-38)37-12-7-8-22-43-37)29-18-21-34-30(23-29)15-14-27-9-3-4-10-33(27)34/h2-25,37,43H,1,26,42H2. The van der Waals surface area contributed by atoms with Crippen molar-refractivity contribution in [1.29, 1.82) is 0 Å². The van der Waals surface area contributed by atoms with Crippen LogP contribution in [-0.2, 0) is 6.54 Å². The Morgan fingerprint density at radius 3 is 2.29 bits per heavy atom. The van der Waals surface area contributed by atoms with Crippen molar-refractivity contribution in [3.63, 3.8) is 0 Å². The molecule has 2 aromatic heterocycles. The Morgan fingerprint density at radius 1 is 0.733 bits per heavy atom. The number of dihydropyridines is 1. The predicted molar refractivity (Wildman–Crippen MR) is 189 cm³/mol. The molecule has 8 rings (SSSR count). The fourth-order valence-electron chi connectivity index (χ4n) is 6.66. The van der Waals surface area contributed by atoms with Crippen molar-refractivity contribution < 1.29 is 0 Å². The predicted octanol–water partition coefficient (Wildman–Crippen LogP) is 9.48. The zero-order valence-electron chi connectivity index (χ0n) is 24.8. The topological polar surface area (TPSA) is 55.9 Å². The number of nitrogens with one attached hydrogen (secondary N) is 1. The van der Waals surface area contributed by atoms with Crippen LogP contribution in [-0.4, -0.2) is 9.55 Å². The molecule has 4 nitrogen and oxygen atoms in total. The summed E-state index contributed by atoms with van der Waals surface area (Å²) in [5.41, 5.74) is 15.8. The lowest BCUT2D eigenvalue weighted by Gasteiger charge is -2.18. The third-order valence-electron chi connectivity index (χ3n) is 8.87. The summed E-state index contributed by atoms with van der Waals surface area (Å²) in [5.74, 6) is 0. The molecule has 7 aromatic rings. The number of hydrogen-bond acceptors (Lipinski definition) is 3. The van der Waals surface area contributed by atoms with Crippen LogP contribution in [0.1, 0.15) is 23.0 Å². The van der Waals surface area contributed by atoms with Crippen LogP contribution in [0.2, 0.25) is 0 Å². The van der Waals surface area contributed by atoms with Crippen molar-refractivity contribution in [3.8, 4) is 28.1 Å². The molecule has 216 valence electrons. The molecule has 4 heteroatoms. The third kappa shape index (κ3) is 4.64. The molecule has 0 saturated heterocycles. The van der Waals surface area contributed by atoms with Crippen LogP contribution in [0.25, 0.3) is 66.6 Å². The van der Waals surface area contributed by atoms with Gasteiger partial charge in [-0.3, -0.25) is 4.98 Å². The number of benzene rings is 5. The summed E-state index contributed by atoms with van der Waals surface area (Å²) < 4.78 is 2.24. The van der Waals surface area contributed by atoms with Gasteiger partial charge in [-0.2, -0.15) is 0 Å². The van der Waals surface area contributed by atoms with E-state index in [1.807, 2.05) is 18.4 Å². The molecular formula is C41H32N4. The van der Waals surface area contributed by atoms with Crippen LogP contribution in [0.4, 0.5) is 0 Å². The summed E-state index contributed by atoms with van der Waals surface area (Å²) >= 11 is 0. The number of hydrogen-bond donors (Lipinski definition) is 2. The summed E-state index contributed by atoms with van der Waals surface area (Å²) in [4.78, 5) is 5.17. The smallest absolute Gasteiger partial charge is 0.0869 e. The van der Waals surface area contributed by atoms with E-state index in [1.54, 1.807) is 0 Å². The van der Waals surface area contributed by atoms with Crippen molar-refractivity contribution in [2.45, 2.75) is 12.6 Å². The number of allylic oxidation sites excluding steroid dienone is 2. The first-order valence-corrected chi connectivity index (χ1v) is 15.3. The second-order valence-corrected chi connectivity index (χ2v) is 11.4. The highest BCUT2D eigenvalue weighted by atomic mass is 15.0. The molecule has 3 heterocycles. The molecule has 0 amide bonds. The second-order valence-electron chi connectivity index (χ2n) is 11.4. The summed E-state index contributed by atoms with van der Waals surface area (Å²) in [5, 5.41) is 9.63. The van der Waals surface area contributed by atoms with Crippen LogP contribution in [0, 0.1) is 0 Å². The van der Waals surface area contributed by atoms with Gasteiger partial charge in [-0.1, -0.05) is 97.6 Å². The van der Waals surface area contributed by atoms with E-state index in [1.165, 1.54) is 27.1 Å². The largest absolute Gasteiger partial charge is 0.379 e. The van der Waals surface area contributed by atoms with E-state index >= 15 is 0 Å². The van der Waals surface area contributed by atoms with Gasteiger partial charge in [0, 0.05) is 23.2 Å². The van der Waals surface area contributed by atoms with Gasteiger partial charge in [0.2, 0.25) is 0 Å². The molecule has 0 fully saturated rings. The van der Waals surface area contributed by atoms with E-state index in [4.69, 9.17) is 10.7 Å². The number of aromatic nitrogens is 2. The van der Waals surface area contributed by atoms with Crippen LogP contribution >= 0.6 is 0 Å². The van der Waals surface area contributed by atoms with E-state index < -0.39 is 0 Å². The maximum absolute atomic E-state index is 6.19.